The third kappa shape index (κ3) is 56.9. The molecule has 0 fully saturated rings. The van der Waals surface area contributed by atoms with Gasteiger partial charge in [0.15, 0.2) is 12.2 Å². The molecule has 3 N–H and O–H groups in total. The van der Waals surface area contributed by atoms with Crippen LogP contribution in [0.2, 0.25) is 0 Å². The first-order valence-electron chi connectivity index (χ1n) is 32.6. The predicted molar refractivity (Wildman–Crippen MR) is 322 cm³/mol. The fourth-order valence-electron chi connectivity index (χ4n) is 9.23. The van der Waals surface area contributed by atoms with Gasteiger partial charge in [0.05, 0.1) is 26.4 Å². The second-order valence-electron chi connectivity index (χ2n) is 22.9. The molecule has 480 valence electrons. The monoisotopic (exact) mass is 1200 g/mol. The van der Waals surface area contributed by atoms with Crippen LogP contribution in [0.5, 0.6) is 0 Å². The van der Waals surface area contributed by atoms with Crippen LogP contribution in [0.15, 0.2) is 0 Å². The van der Waals surface area contributed by atoms with Crippen molar-refractivity contribution in [1.82, 2.24) is 0 Å². The van der Waals surface area contributed by atoms with Gasteiger partial charge >= 0.3 is 39.5 Å². The molecule has 0 heterocycles. The van der Waals surface area contributed by atoms with E-state index in [1.165, 1.54) is 109 Å². The van der Waals surface area contributed by atoms with E-state index < -0.39 is 97.5 Å². The molecule has 2 unspecified atom stereocenters. The molecule has 81 heavy (non-hydrogen) atoms. The minimum Gasteiger partial charge on any atom is -0.462 e. The minimum atomic E-state index is -4.94. The van der Waals surface area contributed by atoms with Crippen molar-refractivity contribution in [1.29, 1.82) is 0 Å². The van der Waals surface area contributed by atoms with Crippen LogP contribution in [0, 0.1) is 5.92 Å². The van der Waals surface area contributed by atoms with Crippen LogP contribution in [-0.4, -0.2) is 96.7 Å². The Kier molecular flexibility index (Phi) is 54.6. The predicted octanol–water partition coefficient (Wildman–Crippen LogP) is 17.0. The molecular formula is C62H120O17P2. The van der Waals surface area contributed by atoms with Gasteiger partial charge < -0.3 is 33.8 Å². The molecule has 0 aromatic carbocycles. The van der Waals surface area contributed by atoms with E-state index in [-0.39, 0.29) is 25.7 Å². The van der Waals surface area contributed by atoms with Gasteiger partial charge in [-0.3, -0.25) is 37.3 Å². The molecule has 5 atom stereocenters. The van der Waals surface area contributed by atoms with Crippen molar-refractivity contribution in [3.63, 3.8) is 0 Å². The summed E-state index contributed by atoms with van der Waals surface area (Å²) in [6.07, 6.45) is 39.2. The highest BCUT2D eigenvalue weighted by Gasteiger charge is 2.30. The van der Waals surface area contributed by atoms with Gasteiger partial charge in [0.1, 0.15) is 19.3 Å². The molecule has 0 rings (SSSR count). The lowest BCUT2D eigenvalue weighted by molar-refractivity contribution is -0.161. The van der Waals surface area contributed by atoms with E-state index in [2.05, 4.69) is 34.6 Å². The van der Waals surface area contributed by atoms with Crippen LogP contribution < -0.4 is 0 Å². The summed E-state index contributed by atoms with van der Waals surface area (Å²) in [4.78, 5) is 71.8. The van der Waals surface area contributed by atoms with E-state index in [0.29, 0.717) is 25.7 Å². The lowest BCUT2D eigenvalue weighted by Gasteiger charge is -2.21. The van der Waals surface area contributed by atoms with Crippen molar-refractivity contribution in [2.45, 2.75) is 329 Å². The fraction of sp³-hybridized carbons (Fsp3) is 0.935. The number of phosphoric ester groups is 2. The summed E-state index contributed by atoms with van der Waals surface area (Å²) in [6, 6.07) is 0. The highest BCUT2D eigenvalue weighted by molar-refractivity contribution is 7.47. The molecule has 19 heteroatoms. The molecular weight excluding hydrogens is 1080 g/mol. The number of phosphoric acid groups is 2. The zero-order valence-corrected chi connectivity index (χ0v) is 53.7. The van der Waals surface area contributed by atoms with Crippen molar-refractivity contribution >= 4 is 39.5 Å². The van der Waals surface area contributed by atoms with E-state index in [4.69, 9.17) is 37.0 Å². The zero-order valence-electron chi connectivity index (χ0n) is 51.9. The van der Waals surface area contributed by atoms with E-state index in [1.54, 1.807) is 0 Å². The van der Waals surface area contributed by atoms with Crippen molar-refractivity contribution in [3.8, 4) is 0 Å². The van der Waals surface area contributed by atoms with Gasteiger partial charge in [0, 0.05) is 25.7 Å². The van der Waals surface area contributed by atoms with Crippen LogP contribution in [0.4, 0.5) is 0 Å². The summed E-state index contributed by atoms with van der Waals surface area (Å²) >= 11 is 0. The Morgan fingerprint density at radius 2 is 0.568 bits per heavy atom. The summed E-state index contributed by atoms with van der Waals surface area (Å²) in [7, 11) is -9.87. The summed E-state index contributed by atoms with van der Waals surface area (Å²) < 4.78 is 67.7. The quantitative estimate of drug-likeness (QED) is 0.0222. The van der Waals surface area contributed by atoms with E-state index in [0.717, 1.165) is 121 Å². The lowest BCUT2D eigenvalue weighted by Crippen LogP contribution is -2.30. The Morgan fingerprint density at radius 3 is 0.840 bits per heavy atom. The summed E-state index contributed by atoms with van der Waals surface area (Å²) in [6.45, 7) is 7.11. The maximum absolute atomic E-state index is 12.9. The minimum absolute atomic E-state index is 0.103. The standard InChI is InChI=1S/C62H120O17P2/c1-6-9-12-15-18-26-32-36-41-46-60(65)73-52-58(79-62(67)48-43-38-33-28-25-23-21-19-20-22-24-27-31-34-39-44-55(4)5)54-77-81(70,71)75-50-56(63)49-74-80(68,69)76-53-57(78-61(66)47-42-37-30-17-14-11-8-3)51-72-59(64)45-40-35-29-16-13-10-7-2/h55-58,63H,6-54H2,1-5H3,(H,68,69)(H,70,71)/t56-,57+,58+/m0/s1. The average molecular weight is 1200 g/mol. The molecule has 0 aromatic rings. The fourth-order valence-corrected chi connectivity index (χ4v) is 10.8. The molecule has 0 amide bonds. The van der Waals surface area contributed by atoms with E-state index in [9.17, 15) is 43.2 Å². The third-order valence-corrected chi connectivity index (χ3v) is 16.2. The smallest absolute Gasteiger partial charge is 0.462 e. The highest BCUT2D eigenvalue weighted by Crippen LogP contribution is 2.45. The normalized spacial score (nSPS) is 14.3. The molecule has 0 aliphatic rings. The summed E-state index contributed by atoms with van der Waals surface area (Å²) in [5, 5.41) is 10.5. The van der Waals surface area contributed by atoms with Crippen molar-refractivity contribution in [2.75, 3.05) is 39.6 Å². The molecule has 0 bridgehead atoms. The van der Waals surface area contributed by atoms with Crippen LogP contribution in [0.1, 0.15) is 311 Å². The number of carbonyl (C=O) groups excluding carboxylic acids is 4. The highest BCUT2D eigenvalue weighted by atomic mass is 31.2. The van der Waals surface area contributed by atoms with Gasteiger partial charge in [-0.25, -0.2) is 9.13 Å². The number of hydrogen-bond donors (Lipinski definition) is 3. The largest absolute Gasteiger partial charge is 0.472 e. The molecule has 0 saturated heterocycles. The molecule has 0 spiro atoms. The second kappa shape index (κ2) is 55.9. The SMILES string of the molecule is CCCCCCCCCCCC(=O)OC[C@H](COP(=O)(O)OC[C@@H](O)COP(=O)(O)OC[C@@H](COC(=O)CCCCCCCCC)OC(=O)CCCCCCCCC)OC(=O)CCCCCCCCCCCCCCCCCC(C)C. The Balaban J connectivity index is 5.12. The maximum Gasteiger partial charge on any atom is 0.472 e. The molecule has 0 aliphatic carbocycles. The van der Waals surface area contributed by atoms with E-state index >= 15 is 0 Å². The number of carbonyl (C=O) groups is 4. The van der Waals surface area contributed by atoms with Gasteiger partial charge in [0.25, 0.3) is 0 Å². The van der Waals surface area contributed by atoms with Crippen molar-refractivity contribution < 1.29 is 80.2 Å². The number of esters is 4. The van der Waals surface area contributed by atoms with Gasteiger partial charge in [-0.2, -0.15) is 0 Å². The van der Waals surface area contributed by atoms with Crippen LogP contribution >= 0.6 is 15.6 Å². The Hall–Kier alpha value is -1.94. The number of unbranched alkanes of at least 4 members (excludes halogenated alkanes) is 34. The van der Waals surface area contributed by atoms with Crippen molar-refractivity contribution in [2.24, 2.45) is 5.92 Å². The molecule has 0 aliphatic heterocycles. The van der Waals surface area contributed by atoms with Crippen LogP contribution in [-0.2, 0) is 65.4 Å². The second-order valence-corrected chi connectivity index (χ2v) is 25.8. The first-order chi connectivity index (χ1) is 39.0. The van der Waals surface area contributed by atoms with Gasteiger partial charge in [-0.15, -0.1) is 0 Å². The summed E-state index contributed by atoms with van der Waals surface area (Å²) in [5.41, 5.74) is 0. The van der Waals surface area contributed by atoms with Crippen LogP contribution in [0.3, 0.4) is 0 Å². The number of aliphatic hydroxyl groups is 1. The Bertz CT molecular complexity index is 1580. The third-order valence-electron chi connectivity index (χ3n) is 14.3. The van der Waals surface area contributed by atoms with Gasteiger partial charge in [-0.05, 0) is 31.6 Å². The number of ether oxygens (including phenoxy) is 4. The Labute approximate surface area is 492 Å². The average Bonchev–Trinajstić information content (AvgIpc) is 3.43. The van der Waals surface area contributed by atoms with Gasteiger partial charge in [0.2, 0.25) is 0 Å². The van der Waals surface area contributed by atoms with Gasteiger partial charge in [-0.1, -0.05) is 259 Å². The number of aliphatic hydroxyl groups excluding tert-OH is 1. The van der Waals surface area contributed by atoms with E-state index in [1.807, 2.05) is 0 Å². The first kappa shape index (κ1) is 79.1. The first-order valence-corrected chi connectivity index (χ1v) is 35.6. The number of rotatable bonds is 62. The van der Waals surface area contributed by atoms with Crippen molar-refractivity contribution in [3.05, 3.63) is 0 Å². The zero-order chi connectivity index (χ0) is 59.9. The summed E-state index contributed by atoms with van der Waals surface area (Å²) in [5.74, 6) is -1.34. The van der Waals surface area contributed by atoms with Crippen LogP contribution in [0.25, 0.3) is 0 Å². The number of hydrogen-bond acceptors (Lipinski definition) is 15. The molecule has 0 aromatic heterocycles. The lowest BCUT2D eigenvalue weighted by atomic mass is 10.0. The topological polar surface area (TPSA) is 237 Å². The molecule has 0 saturated carbocycles. The molecule has 17 nitrogen and oxygen atoms in total. The Morgan fingerprint density at radius 1 is 0.333 bits per heavy atom. The molecule has 0 radical (unpaired) electrons. The maximum atomic E-state index is 12.9.